The summed E-state index contributed by atoms with van der Waals surface area (Å²) in [6, 6.07) is 10.0. The van der Waals surface area contributed by atoms with Crippen molar-refractivity contribution in [3.63, 3.8) is 0 Å². The zero-order chi connectivity index (χ0) is 11.4. The van der Waals surface area contributed by atoms with E-state index in [1.807, 2.05) is 36.5 Å². The molecule has 3 nitrogen and oxygen atoms in total. The average molecular weight is 209 g/mol. The second-order valence-electron chi connectivity index (χ2n) is 3.38. The van der Waals surface area contributed by atoms with E-state index in [0.29, 0.717) is 0 Å². The van der Waals surface area contributed by atoms with Crippen LogP contribution in [0.1, 0.15) is 5.56 Å². The second-order valence-corrected chi connectivity index (χ2v) is 3.38. The minimum absolute atomic E-state index is 0.274. The summed E-state index contributed by atoms with van der Waals surface area (Å²) in [5, 5.41) is 12.7. The monoisotopic (exact) mass is 209 g/mol. The SMILES string of the molecule is C=Cc1ccccc1-c1cnn(CC#N)c1. The van der Waals surface area contributed by atoms with Crippen LogP contribution in [-0.4, -0.2) is 9.78 Å². The Kier molecular flexibility index (Phi) is 2.84. The van der Waals surface area contributed by atoms with Crippen molar-refractivity contribution in [1.29, 1.82) is 5.26 Å². The summed E-state index contributed by atoms with van der Waals surface area (Å²) >= 11 is 0. The maximum atomic E-state index is 8.57. The van der Waals surface area contributed by atoms with Crippen LogP contribution in [0.5, 0.6) is 0 Å². The van der Waals surface area contributed by atoms with E-state index in [9.17, 15) is 0 Å². The molecule has 0 aliphatic carbocycles. The lowest BCUT2D eigenvalue weighted by molar-refractivity contribution is 0.710. The first-order chi connectivity index (χ1) is 7.85. The Labute approximate surface area is 94.3 Å². The summed E-state index contributed by atoms with van der Waals surface area (Å²) in [5.74, 6) is 0. The molecule has 0 fully saturated rings. The topological polar surface area (TPSA) is 41.6 Å². The van der Waals surface area contributed by atoms with Crippen molar-refractivity contribution >= 4 is 6.08 Å². The van der Waals surface area contributed by atoms with Crippen LogP contribution < -0.4 is 0 Å². The van der Waals surface area contributed by atoms with Crippen molar-refractivity contribution in [3.8, 4) is 17.2 Å². The van der Waals surface area contributed by atoms with E-state index in [1.54, 1.807) is 10.9 Å². The molecule has 0 aliphatic heterocycles. The molecule has 0 spiro atoms. The molecule has 0 saturated heterocycles. The molecule has 0 aliphatic rings. The van der Waals surface area contributed by atoms with Gasteiger partial charge in [0, 0.05) is 11.8 Å². The van der Waals surface area contributed by atoms with E-state index in [1.165, 1.54) is 0 Å². The molecule has 0 radical (unpaired) electrons. The number of rotatable bonds is 3. The van der Waals surface area contributed by atoms with Gasteiger partial charge in [0.05, 0.1) is 12.3 Å². The van der Waals surface area contributed by atoms with Gasteiger partial charge in [0.15, 0.2) is 0 Å². The smallest absolute Gasteiger partial charge is 0.128 e. The maximum Gasteiger partial charge on any atom is 0.128 e. The molecule has 2 aromatic rings. The van der Waals surface area contributed by atoms with Gasteiger partial charge in [-0.05, 0) is 11.1 Å². The van der Waals surface area contributed by atoms with Crippen LogP contribution >= 0.6 is 0 Å². The summed E-state index contributed by atoms with van der Waals surface area (Å²) < 4.78 is 1.62. The molecule has 0 N–H and O–H groups in total. The molecule has 0 amide bonds. The molecular weight excluding hydrogens is 198 g/mol. The van der Waals surface area contributed by atoms with Crippen LogP contribution in [0.25, 0.3) is 17.2 Å². The lowest BCUT2D eigenvalue weighted by Crippen LogP contribution is -1.94. The van der Waals surface area contributed by atoms with E-state index >= 15 is 0 Å². The number of benzene rings is 1. The Morgan fingerprint density at radius 2 is 2.25 bits per heavy atom. The summed E-state index contributed by atoms with van der Waals surface area (Å²) in [7, 11) is 0. The maximum absolute atomic E-state index is 8.57. The van der Waals surface area contributed by atoms with Gasteiger partial charge in [-0.25, -0.2) is 0 Å². The lowest BCUT2D eigenvalue weighted by atomic mass is 10.0. The Bertz CT molecular complexity index is 546. The quantitative estimate of drug-likeness (QED) is 0.779. The van der Waals surface area contributed by atoms with Gasteiger partial charge < -0.3 is 0 Å². The van der Waals surface area contributed by atoms with Crippen molar-refractivity contribution in [2.75, 3.05) is 0 Å². The minimum Gasteiger partial charge on any atom is -0.258 e. The van der Waals surface area contributed by atoms with Gasteiger partial charge in [-0.15, -0.1) is 0 Å². The van der Waals surface area contributed by atoms with E-state index < -0.39 is 0 Å². The first kappa shape index (κ1) is 10.2. The fourth-order valence-corrected chi connectivity index (χ4v) is 1.60. The second kappa shape index (κ2) is 4.45. The van der Waals surface area contributed by atoms with Crippen molar-refractivity contribution in [1.82, 2.24) is 9.78 Å². The molecule has 0 unspecified atom stereocenters. The van der Waals surface area contributed by atoms with Crippen molar-refractivity contribution < 1.29 is 0 Å². The normalized spacial score (nSPS) is 9.69. The molecule has 2 rings (SSSR count). The van der Waals surface area contributed by atoms with Crippen LogP contribution in [0.4, 0.5) is 0 Å². The van der Waals surface area contributed by atoms with Crippen LogP contribution in [0.15, 0.2) is 43.2 Å². The van der Waals surface area contributed by atoms with E-state index in [4.69, 9.17) is 5.26 Å². The third kappa shape index (κ3) is 1.86. The fraction of sp³-hybridized carbons (Fsp3) is 0.0769. The lowest BCUT2D eigenvalue weighted by Gasteiger charge is -2.01. The van der Waals surface area contributed by atoms with Crippen LogP contribution in [-0.2, 0) is 6.54 Å². The van der Waals surface area contributed by atoms with Crippen molar-refractivity contribution in [2.45, 2.75) is 6.54 Å². The van der Waals surface area contributed by atoms with Crippen LogP contribution in [0.3, 0.4) is 0 Å². The van der Waals surface area contributed by atoms with Gasteiger partial charge in [-0.2, -0.15) is 10.4 Å². The Balaban J connectivity index is 2.43. The largest absolute Gasteiger partial charge is 0.258 e. The standard InChI is InChI=1S/C13H11N3/c1-2-11-5-3-4-6-13(11)12-9-15-16(10-12)8-7-14/h2-6,9-10H,1,8H2. The van der Waals surface area contributed by atoms with Gasteiger partial charge in [0.25, 0.3) is 0 Å². The summed E-state index contributed by atoms with van der Waals surface area (Å²) in [6.07, 6.45) is 5.45. The molecule has 0 saturated carbocycles. The van der Waals surface area contributed by atoms with Gasteiger partial charge in [-0.3, -0.25) is 4.68 Å². The van der Waals surface area contributed by atoms with E-state index in [0.717, 1.165) is 16.7 Å². The van der Waals surface area contributed by atoms with Crippen LogP contribution in [0, 0.1) is 11.3 Å². The molecule has 1 heterocycles. The van der Waals surface area contributed by atoms with Gasteiger partial charge in [0.2, 0.25) is 0 Å². The fourth-order valence-electron chi connectivity index (χ4n) is 1.60. The minimum atomic E-state index is 0.274. The highest BCUT2D eigenvalue weighted by Gasteiger charge is 2.04. The molecule has 16 heavy (non-hydrogen) atoms. The Morgan fingerprint density at radius 1 is 1.44 bits per heavy atom. The Hall–Kier alpha value is -2.34. The molecule has 1 aromatic carbocycles. The molecule has 1 aromatic heterocycles. The number of aromatic nitrogens is 2. The van der Waals surface area contributed by atoms with Gasteiger partial charge in [-0.1, -0.05) is 36.9 Å². The summed E-state index contributed by atoms with van der Waals surface area (Å²) in [6.45, 7) is 4.05. The highest BCUT2D eigenvalue weighted by atomic mass is 15.3. The zero-order valence-corrected chi connectivity index (χ0v) is 8.80. The first-order valence-corrected chi connectivity index (χ1v) is 4.96. The first-order valence-electron chi connectivity index (χ1n) is 4.96. The van der Waals surface area contributed by atoms with Crippen molar-refractivity contribution in [2.24, 2.45) is 0 Å². The predicted octanol–water partition coefficient (Wildman–Crippen LogP) is 2.72. The third-order valence-corrected chi connectivity index (χ3v) is 2.36. The summed E-state index contributed by atoms with van der Waals surface area (Å²) in [5.41, 5.74) is 3.16. The molecular formula is C13H11N3. The average Bonchev–Trinajstić information content (AvgIpc) is 2.78. The highest BCUT2D eigenvalue weighted by Crippen LogP contribution is 2.23. The molecule has 3 heteroatoms. The van der Waals surface area contributed by atoms with Gasteiger partial charge in [0.1, 0.15) is 6.54 Å². The molecule has 78 valence electrons. The van der Waals surface area contributed by atoms with Crippen LogP contribution in [0.2, 0.25) is 0 Å². The predicted molar refractivity (Wildman–Crippen MR) is 63.4 cm³/mol. The zero-order valence-electron chi connectivity index (χ0n) is 8.80. The van der Waals surface area contributed by atoms with E-state index in [-0.39, 0.29) is 6.54 Å². The Morgan fingerprint density at radius 3 is 3.00 bits per heavy atom. The third-order valence-electron chi connectivity index (χ3n) is 2.36. The molecule has 0 bridgehead atoms. The highest BCUT2D eigenvalue weighted by molar-refractivity contribution is 5.73. The van der Waals surface area contributed by atoms with E-state index in [2.05, 4.69) is 17.7 Å². The number of hydrogen-bond acceptors (Lipinski definition) is 2. The summed E-state index contributed by atoms with van der Waals surface area (Å²) in [4.78, 5) is 0. The molecule has 0 atom stereocenters. The van der Waals surface area contributed by atoms with Gasteiger partial charge >= 0.3 is 0 Å². The number of nitriles is 1. The number of nitrogens with zero attached hydrogens (tertiary/aromatic N) is 3. The van der Waals surface area contributed by atoms with Crippen molar-refractivity contribution in [3.05, 3.63) is 48.8 Å². The number of hydrogen-bond donors (Lipinski definition) is 0.